The van der Waals surface area contributed by atoms with Crippen LogP contribution in [-0.2, 0) is 0 Å². The average molecular weight is 718 g/mol. The van der Waals surface area contributed by atoms with Gasteiger partial charge >= 0.3 is 0 Å². The Morgan fingerprint density at radius 1 is 0.436 bits per heavy atom. The predicted molar refractivity (Wildman–Crippen MR) is 232 cm³/mol. The van der Waals surface area contributed by atoms with Gasteiger partial charge in [-0.25, -0.2) is 9.97 Å². The van der Waals surface area contributed by atoms with Gasteiger partial charge in [0.2, 0.25) is 5.95 Å². The van der Waals surface area contributed by atoms with Crippen molar-refractivity contribution in [3.8, 4) is 17.2 Å². The first-order chi connectivity index (χ1) is 27.3. The van der Waals surface area contributed by atoms with Crippen LogP contribution >= 0.6 is 11.3 Å². The van der Waals surface area contributed by atoms with Gasteiger partial charge in [0.1, 0.15) is 11.2 Å². The molecule has 4 aromatic heterocycles. The molecule has 4 nitrogen and oxygen atoms in total. The van der Waals surface area contributed by atoms with E-state index < -0.39 is 0 Å². The standard InChI is InChI=1S/C50H27N3OS/c1-3-16-33-29(13-1)30-14-2-6-19-36(30)47-45(33)46(28-25-26-32-31-15-8-11-23-40(31)54-41(32)27-28)51-50(52-47)53-39-22-10-7-20-37(39)43-34-17-4-5-18-35(34)44-38-21-9-12-24-42(38)55-49(44)48(43)53/h1-27H. The van der Waals surface area contributed by atoms with E-state index in [2.05, 4.69) is 156 Å². The van der Waals surface area contributed by atoms with E-state index in [1.54, 1.807) is 0 Å². The first-order valence-corrected chi connectivity index (χ1v) is 19.4. The minimum absolute atomic E-state index is 0.646. The Morgan fingerprint density at radius 2 is 1.02 bits per heavy atom. The first-order valence-electron chi connectivity index (χ1n) is 18.6. The van der Waals surface area contributed by atoms with Crippen LogP contribution < -0.4 is 0 Å². The molecule has 0 unspecified atom stereocenters. The maximum Gasteiger partial charge on any atom is 0.235 e. The summed E-state index contributed by atoms with van der Waals surface area (Å²) in [6.45, 7) is 0. The molecular formula is C50H27N3OS. The normalized spacial score (nSPS) is 12.4. The lowest BCUT2D eigenvalue weighted by molar-refractivity contribution is 0.669. The largest absolute Gasteiger partial charge is 0.456 e. The van der Waals surface area contributed by atoms with Gasteiger partial charge in [-0.15, -0.1) is 11.3 Å². The van der Waals surface area contributed by atoms with Gasteiger partial charge in [-0.2, -0.15) is 0 Å². The Kier molecular flexibility index (Phi) is 5.74. The molecule has 0 radical (unpaired) electrons. The van der Waals surface area contributed by atoms with Gasteiger partial charge in [0, 0.05) is 53.4 Å². The molecule has 5 heteroatoms. The molecule has 0 saturated carbocycles. The van der Waals surface area contributed by atoms with E-state index in [0.29, 0.717) is 5.95 Å². The summed E-state index contributed by atoms with van der Waals surface area (Å²) in [6, 6.07) is 58.5. The van der Waals surface area contributed by atoms with Crippen LogP contribution in [0.3, 0.4) is 0 Å². The quantitative estimate of drug-likeness (QED) is 0.167. The van der Waals surface area contributed by atoms with E-state index in [1.165, 1.54) is 52.5 Å². The molecule has 0 fully saturated rings. The molecule has 9 aromatic carbocycles. The Morgan fingerprint density at radius 3 is 1.82 bits per heavy atom. The lowest BCUT2D eigenvalue weighted by Crippen LogP contribution is -2.04. The molecule has 4 heterocycles. The summed E-state index contributed by atoms with van der Waals surface area (Å²) in [5.41, 5.74) is 6.73. The Bertz CT molecular complexity index is 3790. The third kappa shape index (κ3) is 3.89. The van der Waals surface area contributed by atoms with Crippen LogP contribution in [0, 0.1) is 0 Å². The van der Waals surface area contributed by atoms with Gasteiger partial charge in [-0.1, -0.05) is 133 Å². The van der Waals surface area contributed by atoms with Crippen LogP contribution in [0.4, 0.5) is 0 Å². The number of hydrogen-bond acceptors (Lipinski definition) is 4. The molecule has 13 aromatic rings. The number of hydrogen-bond donors (Lipinski definition) is 0. The lowest BCUT2D eigenvalue weighted by Gasteiger charge is -2.16. The maximum atomic E-state index is 6.47. The molecule has 0 bridgehead atoms. The zero-order valence-corrected chi connectivity index (χ0v) is 30.1. The lowest BCUT2D eigenvalue weighted by atomic mass is 9.94. The third-order valence-corrected chi connectivity index (χ3v) is 12.7. The highest BCUT2D eigenvalue weighted by Gasteiger charge is 2.25. The van der Waals surface area contributed by atoms with Gasteiger partial charge in [-0.05, 0) is 57.3 Å². The van der Waals surface area contributed by atoms with Crippen LogP contribution in [0.25, 0.3) is 124 Å². The minimum atomic E-state index is 0.646. The second-order valence-corrected chi connectivity index (χ2v) is 15.5. The van der Waals surface area contributed by atoms with Crippen LogP contribution in [0.15, 0.2) is 168 Å². The topological polar surface area (TPSA) is 43.9 Å². The first kappa shape index (κ1) is 29.4. The fourth-order valence-corrected chi connectivity index (χ4v) is 10.5. The predicted octanol–water partition coefficient (Wildman–Crippen LogP) is 14.1. The fraction of sp³-hybridized carbons (Fsp3) is 0. The van der Waals surface area contributed by atoms with Crippen molar-refractivity contribution in [1.29, 1.82) is 0 Å². The number of nitrogens with zero attached hydrogens (tertiary/aromatic N) is 3. The fourth-order valence-electron chi connectivity index (χ4n) is 9.28. The minimum Gasteiger partial charge on any atom is -0.456 e. The van der Waals surface area contributed by atoms with Gasteiger partial charge in [0.25, 0.3) is 0 Å². The van der Waals surface area contributed by atoms with E-state index in [1.807, 2.05) is 23.5 Å². The van der Waals surface area contributed by atoms with Crippen molar-refractivity contribution in [1.82, 2.24) is 14.5 Å². The van der Waals surface area contributed by atoms with Crippen LogP contribution in [0.5, 0.6) is 0 Å². The summed E-state index contributed by atoms with van der Waals surface area (Å²) in [6.07, 6.45) is 0. The number of thiophene rings is 1. The van der Waals surface area contributed by atoms with Crippen LogP contribution in [0.2, 0.25) is 0 Å². The van der Waals surface area contributed by atoms with Crippen molar-refractivity contribution in [3.63, 3.8) is 0 Å². The highest BCUT2D eigenvalue weighted by atomic mass is 32.1. The number of para-hydroxylation sites is 2. The molecule has 0 spiro atoms. The van der Waals surface area contributed by atoms with Crippen molar-refractivity contribution >= 4 is 118 Å². The number of fused-ring (bicyclic) bond motifs is 19. The Hall–Kier alpha value is -7.08. The summed E-state index contributed by atoms with van der Waals surface area (Å²) < 4.78 is 11.3. The van der Waals surface area contributed by atoms with Crippen LogP contribution in [-0.4, -0.2) is 14.5 Å². The monoisotopic (exact) mass is 717 g/mol. The molecule has 0 N–H and O–H groups in total. The summed E-state index contributed by atoms with van der Waals surface area (Å²) in [5.74, 6) is 0.646. The van der Waals surface area contributed by atoms with Gasteiger partial charge in [0.05, 0.1) is 26.9 Å². The maximum absolute atomic E-state index is 6.47. The third-order valence-electron chi connectivity index (χ3n) is 11.6. The van der Waals surface area contributed by atoms with E-state index in [-0.39, 0.29) is 0 Å². The molecule has 0 aliphatic carbocycles. The number of benzene rings is 9. The second-order valence-electron chi connectivity index (χ2n) is 14.4. The zero-order valence-electron chi connectivity index (χ0n) is 29.2. The smallest absolute Gasteiger partial charge is 0.235 e. The van der Waals surface area contributed by atoms with Gasteiger partial charge < -0.3 is 4.42 Å². The summed E-state index contributed by atoms with van der Waals surface area (Å²) in [5, 5.41) is 15.3. The molecule has 0 saturated heterocycles. The molecule has 254 valence electrons. The molecule has 0 atom stereocenters. The average Bonchev–Trinajstić information content (AvgIpc) is 3.93. The van der Waals surface area contributed by atoms with Crippen LogP contribution in [0.1, 0.15) is 0 Å². The highest BCUT2D eigenvalue weighted by Crippen LogP contribution is 2.48. The van der Waals surface area contributed by atoms with Gasteiger partial charge in [0.15, 0.2) is 0 Å². The number of rotatable bonds is 2. The van der Waals surface area contributed by atoms with E-state index in [0.717, 1.165) is 65.9 Å². The molecular weight excluding hydrogens is 691 g/mol. The Labute approximate surface area is 317 Å². The van der Waals surface area contributed by atoms with E-state index >= 15 is 0 Å². The SMILES string of the molecule is c1ccc2c(c1)oc1cc(-c3nc(-n4c5ccccc5c5c6ccccc6c6c7ccccc7sc6c54)nc4c5ccccc5c5ccccc5c34)ccc12. The highest BCUT2D eigenvalue weighted by molar-refractivity contribution is 7.27. The van der Waals surface area contributed by atoms with E-state index in [9.17, 15) is 0 Å². The number of aromatic nitrogens is 3. The van der Waals surface area contributed by atoms with Crippen molar-refractivity contribution in [2.45, 2.75) is 0 Å². The van der Waals surface area contributed by atoms with Crippen molar-refractivity contribution in [2.24, 2.45) is 0 Å². The summed E-state index contributed by atoms with van der Waals surface area (Å²) >= 11 is 1.85. The molecule has 55 heavy (non-hydrogen) atoms. The van der Waals surface area contributed by atoms with Crippen molar-refractivity contribution < 1.29 is 4.42 Å². The zero-order chi connectivity index (χ0) is 35.8. The molecule has 13 rings (SSSR count). The molecule has 0 aliphatic rings. The Balaban J connectivity index is 1.25. The number of furan rings is 1. The van der Waals surface area contributed by atoms with Crippen molar-refractivity contribution in [3.05, 3.63) is 164 Å². The summed E-state index contributed by atoms with van der Waals surface area (Å²) in [7, 11) is 0. The molecule has 0 amide bonds. The molecule has 0 aliphatic heterocycles. The second kappa shape index (κ2) is 10.8. The van der Waals surface area contributed by atoms with Crippen molar-refractivity contribution in [2.75, 3.05) is 0 Å². The van der Waals surface area contributed by atoms with E-state index in [4.69, 9.17) is 14.4 Å². The van der Waals surface area contributed by atoms with Gasteiger partial charge in [-0.3, -0.25) is 4.57 Å². The summed E-state index contributed by atoms with van der Waals surface area (Å²) in [4.78, 5) is 11.3.